The van der Waals surface area contributed by atoms with Crippen molar-refractivity contribution in [3.05, 3.63) is 59.9 Å². The topological polar surface area (TPSA) is 111 Å². The molecule has 0 spiro atoms. The number of carbonyl (C=O) groups excluding carboxylic acids is 1. The molecule has 0 radical (unpaired) electrons. The average Bonchev–Trinajstić information content (AvgIpc) is 3.23. The van der Waals surface area contributed by atoms with Crippen LogP contribution in [0, 0.1) is 5.92 Å². The first kappa shape index (κ1) is 20.2. The molecule has 0 unspecified atom stereocenters. The third-order valence-electron chi connectivity index (χ3n) is 6.59. The summed E-state index contributed by atoms with van der Waals surface area (Å²) in [6, 6.07) is 14.3. The molecule has 0 bridgehead atoms. The number of nitrogens with zero attached hydrogens (tertiary/aromatic N) is 3. The van der Waals surface area contributed by atoms with Crippen molar-refractivity contribution in [2.45, 2.75) is 38.5 Å². The number of Topliss-reactive ketones (excluding diaryl/α,β-unsaturated/α-hetero) is 1. The van der Waals surface area contributed by atoms with E-state index in [2.05, 4.69) is 29.4 Å². The Bertz CT molecular complexity index is 1370. The predicted octanol–water partition coefficient (Wildman–Crippen LogP) is 4.69. The first-order chi connectivity index (χ1) is 15.4. The van der Waals surface area contributed by atoms with Gasteiger partial charge in [0.15, 0.2) is 11.4 Å². The molecule has 5 rings (SSSR count). The molecule has 1 aliphatic carbocycles. The molecule has 32 heavy (non-hydrogen) atoms. The Labute approximate surface area is 184 Å². The van der Waals surface area contributed by atoms with Gasteiger partial charge in [-0.1, -0.05) is 36.4 Å². The van der Waals surface area contributed by atoms with E-state index in [1.54, 1.807) is 6.20 Å². The van der Waals surface area contributed by atoms with Crippen molar-refractivity contribution in [2.24, 2.45) is 5.92 Å². The maximum atomic E-state index is 12.5. The number of ketones is 1. The number of carboxylic acids is 1. The van der Waals surface area contributed by atoms with E-state index >= 15 is 0 Å². The van der Waals surface area contributed by atoms with Crippen LogP contribution in [0.15, 0.2) is 48.7 Å². The molecule has 7 nitrogen and oxygen atoms in total. The van der Waals surface area contributed by atoms with Crippen LogP contribution < -0.4 is 5.73 Å². The van der Waals surface area contributed by atoms with Crippen LogP contribution in [0.4, 0.5) is 5.82 Å². The predicted molar refractivity (Wildman–Crippen MR) is 123 cm³/mol. The molecule has 4 aromatic rings. The first-order valence-corrected chi connectivity index (χ1v) is 10.8. The van der Waals surface area contributed by atoms with Gasteiger partial charge in [-0.15, -0.1) is 0 Å². The quantitative estimate of drug-likeness (QED) is 0.456. The number of carbonyl (C=O) groups is 2. The maximum Gasteiger partial charge on any atom is 0.306 e. The van der Waals surface area contributed by atoms with Gasteiger partial charge in [-0.2, -0.15) is 9.61 Å². The van der Waals surface area contributed by atoms with Crippen LogP contribution in [0.25, 0.3) is 27.5 Å². The second-order valence-electron chi connectivity index (χ2n) is 8.56. The fourth-order valence-electron chi connectivity index (χ4n) is 4.86. The van der Waals surface area contributed by atoms with Gasteiger partial charge in [-0.05, 0) is 55.0 Å². The standard InChI is InChI=1S/C25H24N4O3/c1-14(30)21-22(16-7-9-17(10-8-16)25(31)32)28-24-20(13-27-29(24)23(21)26)19-11-6-15-4-2-3-5-18(15)12-19/h2-6,11-13,16-17H,7-10,26H2,1H3,(H,31,32)/t16-,17+. The van der Waals surface area contributed by atoms with Gasteiger partial charge in [0.1, 0.15) is 5.82 Å². The molecule has 1 aliphatic rings. The number of hydrogen-bond acceptors (Lipinski definition) is 5. The fraction of sp³-hybridized carbons (Fsp3) is 0.280. The van der Waals surface area contributed by atoms with Crippen molar-refractivity contribution in [1.82, 2.24) is 14.6 Å². The van der Waals surface area contributed by atoms with Crippen LogP contribution in [0.5, 0.6) is 0 Å². The number of benzene rings is 2. The van der Waals surface area contributed by atoms with Crippen LogP contribution in [0.1, 0.15) is 54.6 Å². The monoisotopic (exact) mass is 428 g/mol. The molecule has 2 aromatic carbocycles. The number of carboxylic acid groups (broad SMARTS) is 1. The van der Waals surface area contributed by atoms with E-state index in [4.69, 9.17) is 10.7 Å². The molecule has 7 heteroatoms. The lowest BCUT2D eigenvalue weighted by Crippen LogP contribution is -2.23. The lowest BCUT2D eigenvalue weighted by Gasteiger charge is -2.27. The average molecular weight is 428 g/mol. The normalized spacial score (nSPS) is 18.8. The van der Waals surface area contributed by atoms with Gasteiger partial charge in [-0.3, -0.25) is 9.59 Å². The fourth-order valence-corrected chi connectivity index (χ4v) is 4.86. The summed E-state index contributed by atoms with van der Waals surface area (Å²) < 4.78 is 1.54. The molecule has 2 aromatic heterocycles. The van der Waals surface area contributed by atoms with Gasteiger partial charge < -0.3 is 10.8 Å². The van der Waals surface area contributed by atoms with Crippen LogP contribution >= 0.6 is 0 Å². The Kier molecular flexibility index (Phi) is 4.89. The molecule has 162 valence electrons. The second kappa shape index (κ2) is 7.75. The highest BCUT2D eigenvalue weighted by atomic mass is 16.4. The first-order valence-electron chi connectivity index (χ1n) is 10.8. The number of aromatic nitrogens is 3. The molecule has 0 amide bonds. The minimum atomic E-state index is -0.757. The highest BCUT2D eigenvalue weighted by Gasteiger charge is 2.31. The highest BCUT2D eigenvalue weighted by molar-refractivity contribution is 6.00. The Morgan fingerprint density at radius 1 is 1.06 bits per heavy atom. The minimum Gasteiger partial charge on any atom is -0.481 e. The van der Waals surface area contributed by atoms with Gasteiger partial charge in [0.2, 0.25) is 0 Å². The second-order valence-corrected chi connectivity index (χ2v) is 8.56. The molecule has 0 atom stereocenters. The molecular formula is C25H24N4O3. The molecule has 2 heterocycles. The van der Waals surface area contributed by atoms with Gasteiger partial charge in [0.05, 0.1) is 23.4 Å². The smallest absolute Gasteiger partial charge is 0.306 e. The van der Waals surface area contributed by atoms with Gasteiger partial charge in [0, 0.05) is 11.5 Å². The summed E-state index contributed by atoms with van der Waals surface area (Å²) >= 11 is 0. The van der Waals surface area contributed by atoms with Crippen molar-refractivity contribution in [3.8, 4) is 11.1 Å². The number of hydrogen-bond donors (Lipinski definition) is 2. The van der Waals surface area contributed by atoms with Crippen LogP contribution in [-0.4, -0.2) is 31.5 Å². The van der Waals surface area contributed by atoms with E-state index in [1.165, 1.54) is 11.4 Å². The largest absolute Gasteiger partial charge is 0.481 e. The van der Waals surface area contributed by atoms with Crippen molar-refractivity contribution < 1.29 is 14.7 Å². The Morgan fingerprint density at radius 3 is 2.47 bits per heavy atom. The summed E-state index contributed by atoms with van der Waals surface area (Å²) in [7, 11) is 0. The van der Waals surface area contributed by atoms with E-state index in [0.29, 0.717) is 42.6 Å². The van der Waals surface area contributed by atoms with Crippen LogP contribution in [-0.2, 0) is 4.79 Å². The summed E-state index contributed by atoms with van der Waals surface area (Å²) in [5.74, 6) is -0.972. The Hall–Kier alpha value is -3.74. The van der Waals surface area contributed by atoms with E-state index in [0.717, 1.165) is 21.9 Å². The summed E-state index contributed by atoms with van der Waals surface area (Å²) in [4.78, 5) is 28.8. The van der Waals surface area contributed by atoms with Crippen LogP contribution in [0.2, 0.25) is 0 Å². The molecule has 1 saturated carbocycles. The zero-order valence-corrected chi connectivity index (χ0v) is 17.8. The number of aliphatic carboxylic acids is 1. The Balaban J connectivity index is 1.64. The zero-order valence-electron chi connectivity index (χ0n) is 17.8. The van der Waals surface area contributed by atoms with E-state index in [9.17, 15) is 14.7 Å². The number of nitrogen functional groups attached to an aromatic ring is 1. The third-order valence-corrected chi connectivity index (χ3v) is 6.59. The zero-order chi connectivity index (χ0) is 22.4. The van der Waals surface area contributed by atoms with Gasteiger partial charge in [-0.25, -0.2) is 4.98 Å². The van der Waals surface area contributed by atoms with E-state index in [-0.39, 0.29) is 23.4 Å². The number of rotatable bonds is 4. The third kappa shape index (κ3) is 3.30. The van der Waals surface area contributed by atoms with Crippen molar-refractivity contribution in [1.29, 1.82) is 0 Å². The molecule has 3 N–H and O–H groups in total. The summed E-state index contributed by atoms with van der Waals surface area (Å²) in [6.07, 6.45) is 4.21. The van der Waals surface area contributed by atoms with Crippen LogP contribution in [0.3, 0.4) is 0 Å². The minimum absolute atomic E-state index is 0.00356. The number of anilines is 1. The SMILES string of the molecule is CC(=O)c1c(N)n2ncc(-c3ccc4ccccc4c3)c2nc1[C@H]1CC[C@@H](C(=O)O)CC1. The molecule has 0 saturated heterocycles. The molecule has 0 aliphatic heterocycles. The molecular weight excluding hydrogens is 404 g/mol. The maximum absolute atomic E-state index is 12.5. The van der Waals surface area contributed by atoms with Gasteiger partial charge >= 0.3 is 5.97 Å². The van der Waals surface area contributed by atoms with Crippen molar-refractivity contribution in [3.63, 3.8) is 0 Å². The Morgan fingerprint density at radius 2 is 1.78 bits per heavy atom. The number of fused-ring (bicyclic) bond motifs is 2. The highest BCUT2D eigenvalue weighted by Crippen LogP contribution is 2.39. The van der Waals surface area contributed by atoms with E-state index < -0.39 is 5.97 Å². The summed E-state index contributed by atoms with van der Waals surface area (Å²) in [6.45, 7) is 1.49. The summed E-state index contributed by atoms with van der Waals surface area (Å²) in [5.41, 5.74) is 9.91. The summed E-state index contributed by atoms with van der Waals surface area (Å²) in [5, 5.41) is 16.0. The lowest BCUT2D eigenvalue weighted by atomic mass is 9.79. The van der Waals surface area contributed by atoms with Crippen molar-refractivity contribution in [2.75, 3.05) is 5.73 Å². The van der Waals surface area contributed by atoms with Gasteiger partial charge in [0.25, 0.3) is 0 Å². The number of nitrogens with two attached hydrogens (primary N) is 1. The van der Waals surface area contributed by atoms with E-state index in [1.807, 2.05) is 18.2 Å². The lowest BCUT2D eigenvalue weighted by molar-refractivity contribution is -0.142. The molecule has 1 fully saturated rings. The van der Waals surface area contributed by atoms with Crippen molar-refractivity contribution >= 4 is 34.0 Å².